The first kappa shape index (κ1) is 12.9. The Kier molecular flexibility index (Phi) is 4.14. The number of rotatable bonds is 5. The summed E-state index contributed by atoms with van der Waals surface area (Å²) in [5.41, 5.74) is 5.01. The standard InChI is InChI=1S/C10H21NO3S/c1-2-15(13,14)7-3-5-10(12)6-4-9(11)8-10/h9,12H,2-8,11H2,1H3. The largest absolute Gasteiger partial charge is 0.390 e. The summed E-state index contributed by atoms with van der Waals surface area (Å²) in [7, 11) is -2.89. The van der Waals surface area contributed by atoms with Crippen LogP contribution in [0.15, 0.2) is 0 Å². The Hall–Kier alpha value is -0.130. The highest BCUT2D eigenvalue weighted by atomic mass is 32.2. The van der Waals surface area contributed by atoms with Gasteiger partial charge >= 0.3 is 0 Å². The highest BCUT2D eigenvalue weighted by Gasteiger charge is 2.35. The van der Waals surface area contributed by atoms with Gasteiger partial charge in [0.1, 0.15) is 9.84 Å². The van der Waals surface area contributed by atoms with Gasteiger partial charge in [-0.3, -0.25) is 0 Å². The molecule has 0 bridgehead atoms. The Labute approximate surface area is 91.8 Å². The smallest absolute Gasteiger partial charge is 0.150 e. The average Bonchev–Trinajstić information content (AvgIpc) is 2.46. The maximum atomic E-state index is 11.2. The van der Waals surface area contributed by atoms with Crippen LogP contribution in [0.25, 0.3) is 0 Å². The molecule has 1 aliphatic rings. The van der Waals surface area contributed by atoms with Crippen LogP contribution < -0.4 is 5.73 Å². The van der Waals surface area contributed by atoms with Crippen molar-refractivity contribution < 1.29 is 13.5 Å². The maximum absolute atomic E-state index is 11.2. The molecule has 0 radical (unpaired) electrons. The first-order valence-corrected chi connectivity index (χ1v) is 7.37. The minimum atomic E-state index is -2.89. The van der Waals surface area contributed by atoms with E-state index in [1.165, 1.54) is 0 Å². The highest BCUT2D eigenvalue weighted by molar-refractivity contribution is 7.91. The van der Waals surface area contributed by atoms with Crippen LogP contribution >= 0.6 is 0 Å². The fraction of sp³-hybridized carbons (Fsp3) is 1.00. The molecule has 1 saturated carbocycles. The van der Waals surface area contributed by atoms with Crippen LogP contribution in [0.3, 0.4) is 0 Å². The quantitative estimate of drug-likeness (QED) is 0.724. The summed E-state index contributed by atoms with van der Waals surface area (Å²) in [5.74, 6) is 0.367. The van der Waals surface area contributed by atoms with E-state index in [-0.39, 0.29) is 17.5 Å². The Morgan fingerprint density at radius 3 is 2.67 bits per heavy atom. The van der Waals surface area contributed by atoms with Gasteiger partial charge in [-0.1, -0.05) is 6.92 Å². The third-order valence-electron chi connectivity index (χ3n) is 3.16. The lowest BCUT2D eigenvalue weighted by Gasteiger charge is -2.22. The van der Waals surface area contributed by atoms with Crippen LogP contribution in [0, 0.1) is 0 Å². The molecular formula is C10H21NO3S. The fourth-order valence-electron chi connectivity index (χ4n) is 2.14. The third-order valence-corrected chi connectivity index (χ3v) is 4.95. The predicted molar refractivity (Wildman–Crippen MR) is 60.3 cm³/mol. The van der Waals surface area contributed by atoms with Crippen molar-refractivity contribution in [2.75, 3.05) is 11.5 Å². The Morgan fingerprint density at radius 2 is 2.20 bits per heavy atom. The Morgan fingerprint density at radius 1 is 1.53 bits per heavy atom. The lowest BCUT2D eigenvalue weighted by molar-refractivity contribution is 0.0370. The van der Waals surface area contributed by atoms with E-state index in [4.69, 9.17) is 5.73 Å². The van der Waals surface area contributed by atoms with E-state index in [2.05, 4.69) is 0 Å². The van der Waals surface area contributed by atoms with E-state index in [9.17, 15) is 13.5 Å². The van der Waals surface area contributed by atoms with Gasteiger partial charge in [-0.15, -0.1) is 0 Å². The summed E-state index contributed by atoms with van der Waals surface area (Å²) in [6.07, 6.45) is 3.26. The van der Waals surface area contributed by atoms with Gasteiger partial charge in [-0.2, -0.15) is 0 Å². The molecule has 2 atom stereocenters. The number of hydrogen-bond acceptors (Lipinski definition) is 4. The van der Waals surface area contributed by atoms with Crippen LogP contribution in [0.4, 0.5) is 0 Å². The van der Waals surface area contributed by atoms with Gasteiger partial charge in [0.25, 0.3) is 0 Å². The summed E-state index contributed by atoms with van der Waals surface area (Å²) < 4.78 is 22.5. The summed E-state index contributed by atoms with van der Waals surface area (Å²) in [4.78, 5) is 0. The predicted octanol–water partition coefficient (Wildman–Crippen LogP) is 0.444. The van der Waals surface area contributed by atoms with Gasteiger partial charge < -0.3 is 10.8 Å². The van der Waals surface area contributed by atoms with Crippen LogP contribution in [0.1, 0.15) is 39.0 Å². The van der Waals surface area contributed by atoms with E-state index >= 15 is 0 Å². The van der Waals surface area contributed by atoms with Crippen LogP contribution in [-0.4, -0.2) is 36.7 Å². The minimum Gasteiger partial charge on any atom is -0.390 e. The van der Waals surface area contributed by atoms with Crippen molar-refractivity contribution in [3.05, 3.63) is 0 Å². The molecule has 5 heteroatoms. The Bertz CT molecular complexity index is 302. The van der Waals surface area contributed by atoms with Crippen molar-refractivity contribution in [2.24, 2.45) is 5.73 Å². The molecule has 0 aromatic carbocycles. The molecule has 0 amide bonds. The lowest BCUT2D eigenvalue weighted by atomic mass is 9.96. The second-order valence-corrected chi connectivity index (χ2v) is 7.04. The molecule has 0 aromatic heterocycles. The van der Waals surface area contributed by atoms with Gasteiger partial charge in [-0.05, 0) is 32.1 Å². The van der Waals surface area contributed by atoms with Gasteiger partial charge in [-0.25, -0.2) is 8.42 Å². The minimum absolute atomic E-state index is 0.0813. The van der Waals surface area contributed by atoms with Crippen molar-refractivity contribution in [1.82, 2.24) is 0 Å². The van der Waals surface area contributed by atoms with E-state index in [0.29, 0.717) is 25.7 Å². The molecule has 1 aliphatic carbocycles. The molecule has 2 unspecified atom stereocenters. The second kappa shape index (κ2) is 4.80. The second-order valence-electron chi connectivity index (χ2n) is 4.57. The van der Waals surface area contributed by atoms with Crippen LogP contribution in [0.2, 0.25) is 0 Å². The summed E-state index contributed by atoms with van der Waals surface area (Å²) >= 11 is 0. The zero-order chi connectivity index (χ0) is 11.5. The van der Waals surface area contributed by atoms with Crippen molar-refractivity contribution in [1.29, 1.82) is 0 Å². The summed E-state index contributed by atoms with van der Waals surface area (Å²) in [6, 6.07) is 0.0813. The molecule has 0 aliphatic heterocycles. The molecule has 4 nitrogen and oxygen atoms in total. The molecule has 0 spiro atoms. The topological polar surface area (TPSA) is 80.4 Å². The SMILES string of the molecule is CCS(=O)(=O)CCCC1(O)CCC(N)C1. The van der Waals surface area contributed by atoms with E-state index < -0.39 is 15.4 Å². The van der Waals surface area contributed by atoms with Gasteiger partial charge in [0.15, 0.2) is 0 Å². The zero-order valence-corrected chi connectivity index (χ0v) is 10.1. The number of hydrogen-bond donors (Lipinski definition) is 2. The lowest BCUT2D eigenvalue weighted by Crippen LogP contribution is -2.28. The fourth-order valence-corrected chi connectivity index (χ4v) is 3.01. The van der Waals surface area contributed by atoms with Crippen molar-refractivity contribution in [3.8, 4) is 0 Å². The third kappa shape index (κ3) is 4.09. The van der Waals surface area contributed by atoms with Gasteiger partial charge in [0.2, 0.25) is 0 Å². The first-order valence-electron chi connectivity index (χ1n) is 5.55. The number of nitrogens with two attached hydrogens (primary N) is 1. The molecule has 3 N–H and O–H groups in total. The van der Waals surface area contributed by atoms with Gasteiger partial charge in [0.05, 0.1) is 11.4 Å². The summed E-state index contributed by atoms with van der Waals surface area (Å²) in [6.45, 7) is 1.65. The monoisotopic (exact) mass is 235 g/mol. The zero-order valence-electron chi connectivity index (χ0n) is 9.28. The van der Waals surface area contributed by atoms with E-state index in [0.717, 1.165) is 6.42 Å². The first-order chi connectivity index (χ1) is 6.87. The molecule has 1 rings (SSSR count). The van der Waals surface area contributed by atoms with Crippen molar-refractivity contribution in [3.63, 3.8) is 0 Å². The van der Waals surface area contributed by atoms with Crippen molar-refractivity contribution in [2.45, 2.75) is 50.7 Å². The molecule has 90 valence electrons. The van der Waals surface area contributed by atoms with Crippen LogP contribution in [-0.2, 0) is 9.84 Å². The van der Waals surface area contributed by atoms with E-state index in [1.807, 2.05) is 0 Å². The normalized spacial score (nSPS) is 32.1. The molecule has 0 saturated heterocycles. The summed E-state index contributed by atoms with van der Waals surface area (Å²) in [5, 5.41) is 10.1. The van der Waals surface area contributed by atoms with Crippen molar-refractivity contribution >= 4 is 9.84 Å². The average molecular weight is 235 g/mol. The highest BCUT2D eigenvalue weighted by Crippen LogP contribution is 2.32. The molecular weight excluding hydrogens is 214 g/mol. The van der Waals surface area contributed by atoms with Crippen LogP contribution in [0.5, 0.6) is 0 Å². The molecule has 15 heavy (non-hydrogen) atoms. The Balaban J connectivity index is 2.32. The molecule has 1 fully saturated rings. The molecule has 0 heterocycles. The number of aliphatic hydroxyl groups is 1. The number of sulfone groups is 1. The molecule has 0 aromatic rings. The van der Waals surface area contributed by atoms with Gasteiger partial charge in [0, 0.05) is 11.8 Å². The maximum Gasteiger partial charge on any atom is 0.150 e. The van der Waals surface area contributed by atoms with E-state index in [1.54, 1.807) is 6.92 Å².